The first-order chi connectivity index (χ1) is 11.9. The molecule has 1 aliphatic rings. The van der Waals surface area contributed by atoms with Crippen molar-refractivity contribution in [2.75, 3.05) is 18.4 Å². The normalized spacial score (nSPS) is 18.4. The summed E-state index contributed by atoms with van der Waals surface area (Å²) in [6.45, 7) is 8.51. The van der Waals surface area contributed by atoms with Crippen LogP contribution < -0.4 is 5.32 Å². The number of hydrogen-bond acceptors (Lipinski definition) is 5. The van der Waals surface area contributed by atoms with E-state index >= 15 is 0 Å². The predicted molar refractivity (Wildman–Crippen MR) is 97.3 cm³/mol. The number of aromatic amines is 1. The summed E-state index contributed by atoms with van der Waals surface area (Å²) in [5.41, 5.74) is 0.896. The molecule has 0 aliphatic carbocycles. The molecule has 1 atom stereocenters. The first-order valence-corrected chi connectivity index (χ1v) is 8.58. The third-order valence-electron chi connectivity index (χ3n) is 4.42. The van der Waals surface area contributed by atoms with Gasteiger partial charge in [-0.25, -0.2) is 9.97 Å². The third-order valence-corrected chi connectivity index (χ3v) is 4.42. The van der Waals surface area contributed by atoms with E-state index in [0.29, 0.717) is 13.0 Å². The first kappa shape index (κ1) is 17.4. The lowest BCUT2D eigenvalue weighted by atomic mass is 9.99. The monoisotopic (exact) mass is 343 g/mol. The minimum atomic E-state index is -0.819. The zero-order valence-corrected chi connectivity index (χ0v) is 14.7. The maximum Gasteiger partial charge on any atom is 0.246 e. The van der Waals surface area contributed by atoms with Gasteiger partial charge in [0.2, 0.25) is 5.91 Å². The molecule has 2 aromatic heterocycles. The Hall–Kier alpha value is -2.41. The minimum absolute atomic E-state index is 0.0382. The van der Waals surface area contributed by atoms with Crippen LogP contribution in [0, 0.1) is 0 Å². The van der Waals surface area contributed by atoms with Gasteiger partial charge in [-0.15, -0.1) is 0 Å². The summed E-state index contributed by atoms with van der Waals surface area (Å²) >= 11 is 0. The van der Waals surface area contributed by atoms with Crippen molar-refractivity contribution in [1.82, 2.24) is 19.9 Å². The molecule has 1 unspecified atom stereocenters. The number of hydrogen-bond donors (Lipinski definition) is 3. The van der Waals surface area contributed by atoms with Gasteiger partial charge in [0.05, 0.1) is 11.0 Å². The van der Waals surface area contributed by atoms with Crippen LogP contribution in [0.3, 0.4) is 0 Å². The van der Waals surface area contributed by atoms with Crippen molar-refractivity contribution in [3.8, 4) is 0 Å². The van der Waals surface area contributed by atoms with Crippen LogP contribution in [0.5, 0.6) is 0 Å². The Morgan fingerprint density at radius 3 is 3.08 bits per heavy atom. The largest absolute Gasteiger partial charge is 0.390 e. The Bertz CT molecular complexity index is 777. The fourth-order valence-electron chi connectivity index (χ4n) is 3.36. The highest BCUT2D eigenvalue weighted by molar-refractivity contribution is 5.90. The summed E-state index contributed by atoms with van der Waals surface area (Å²) in [6, 6.07) is 0.126. The van der Waals surface area contributed by atoms with Gasteiger partial charge in [0, 0.05) is 31.7 Å². The molecule has 0 saturated carbocycles. The molecule has 1 amide bonds. The highest BCUT2D eigenvalue weighted by Crippen LogP contribution is 2.27. The van der Waals surface area contributed by atoms with E-state index in [2.05, 4.69) is 26.8 Å². The zero-order chi connectivity index (χ0) is 18.0. The number of amides is 1. The second-order valence-corrected chi connectivity index (χ2v) is 7.22. The molecule has 0 aromatic carbocycles. The van der Waals surface area contributed by atoms with Gasteiger partial charge in [0.15, 0.2) is 0 Å². The molecule has 0 bridgehead atoms. The standard InChI is InChI=1S/C18H25N5O2/c1-4-14(24)23-7-5-6-13(10-23)22-17-15-12(8-18(2,3)25)9-19-16(15)20-11-21-17/h4,9,11,13,25H,1,5-8,10H2,2-3H3,(H2,19,20,21,22). The van der Waals surface area contributed by atoms with Crippen LogP contribution in [-0.4, -0.2) is 55.6 Å². The SMILES string of the molecule is C=CC(=O)N1CCCC(Nc2ncnc3[nH]cc(CC(C)(C)O)c23)C1. The van der Waals surface area contributed by atoms with Crippen LogP contribution in [0.4, 0.5) is 5.82 Å². The average molecular weight is 343 g/mol. The number of aliphatic hydroxyl groups is 1. The third kappa shape index (κ3) is 3.99. The number of anilines is 1. The zero-order valence-electron chi connectivity index (χ0n) is 14.7. The average Bonchev–Trinajstić information content (AvgIpc) is 2.96. The van der Waals surface area contributed by atoms with Crippen molar-refractivity contribution < 1.29 is 9.90 Å². The number of aromatic nitrogens is 3. The van der Waals surface area contributed by atoms with E-state index in [1.165, 1.54) is 12.4 Å². The van der Waals surface area contributed by atoms with Gasteiger partial charge in [0.25, 0.3) is 0 Å². The summed E-state index contributed by atoms with van der Waals surface area (Å²) < 4.78 is 0. The number of rotatable bonds is 5. The fraction of sp³-hybridized carbons (Fsp3) is 0.500. The molecule has 3 rings (SSSR count). The maximum absolute atomic E-state index is 11.9. The molecule has 0 radical (unpaired) electrons. The second-order valence-electron chi connectivity index (χ2n) is 7.22. The molecule has 3 heterocycles. The van der Waals surface area contributed by atoms with E-state index in [0.717, 1.165) is 41.8 Å². The molecule has 1 saturated heterocycles. The lowest BCUT2D eigenvalue weighted by Crippen LogP contribution is -2.44. The lowest BCUT2D eigenvalue weighted by molar-refractivity contribution is -0.127. The number of nitrogens with zero attached hydrogens (tertiary/aromatic N) is 3. The van der Waals surface area contributed by atoms with Crippen LogP contribution >= 0.6 is 0 Å². The molecule has 1 aliphatic heterocycles. The van der Waals surface area contributed by atoms with Gasteiger partial charge in [-0.3, -0.25) is 4.79 Å². The second kappa shape index (κ2) is 6.84. The number of piperidine rings is 1. The highest BCUT2D eigenvalue weighted by Gasteiger charge is 2.24. The molecule has 2 aromatic rings. The molecule has 3 N–H and O–H groups in total. The van der Waals surface area contributed by atoms with Gasteiger partial charge < -0.3 is 20.3 Å². The van der Waals surface area contributed by atoms with Crippen LogP contribution in [-0.2, 0) is 11.2 Å². The summed E-state index contributed by atoms with van der Waals surface area (Å²) in [5.74, 6) is 0.701. The van der Waals surface area contributed by atoms with Crippen LogP contribution in [0.2, 0.25) is 0 Å². The number of nitrogens with one attached hydrogen (secondary N) is 2. The molecule has 134 valence electrons. The van der Waals surface area contributed by atoms with Crippen LogP contribution in [0.25, 0.3) is 11.0 Å². The first-order valence-electron chi connectivity index (χ1n) is 8.58. The minimum Gasteiger partial charge on any atom is -0.390 e. The van der Waals surface area contributed by atoms with Gasteiger partial charge in [-0.2, -0.15) is 0 Å². The number of likely N-dealkylation sites (tertiary alicyclic amines) is 1. The van der Waals surface area contributed by atoms with Crippen molar-refractivity contribution in [2.24, 2.45) is 0 Å². The summed E-state index contributed by atoms with van der Waals surface area (Å²) in [7, 11) is 0. The molecule has 7 heteroatoms. The molecular formula is C18H25N5O2. The van der Waals surface area contributed by atoms with Gasteiger partial charge >= 0.3 is 0 Å². The van der Waals surface area contributed by atoms with Crippen LogP contribution in [0.1, 0.15) is 32.3 Å². The summed E-state index contributed by atoms with van der Waals surface area (Å²) in [5, 5.41) is 14.5. The van der Waals surface area contributed by atoms with Crippen molar-refractivity contribution in [2.45, 2.75) is 44.8 Å². The van der Waals surface area contributed by atoms with Gasteiger partial charge in [-0.05, 0) is 38.3 Å². The Labute approximate surface area is 147 Å². The summed E-state index contributed by atoms with van der Waals surface area (Å²) in [6.07, 6.45) is 7.16. The van der Waals surface area contributed by atoms with Gasteiger partial charge in [-0.1, -0.05) is 6.58 Å². The Kier molecular flexibility index (Phi) is 4.76. The van der Waals surface area contributed by atoms with Gasteiger partial charge in [0.1, 0.15) is 17.8 Å². The number of carbonyl (C=O) groups is 1. The smallest absolute Gasteiger partial charge is 0.246 e. The Morgan fingerprint density at radius 2 is 2.36 bits per heavy atom. The fourth-order valence-corrected chi connectivity index (χ4v) is 3.36. The van der Waals surface area contributed by atoms with E-state index in [4.69, 9.17) is 0 Å². The maximum atomic E-state index is 11.9. The molecule has 1 fully saturated rings. The summed E-state index contributed by atoms with van der Waals surface area (Å²) in [4.78, 5) is 25.5. The van der Waals surface area contributed by atoms with Crippen molar-refractivity contribution in [3.63, 3.8) is 0 Å². The Balaban J connectivity index is 1.84. The number of H-pyrrole nitrogens is 1. The van der Waals surface area contributed by atoms with E-state index < -0.39 is 5.60 Å². The lowest BCUT2D eigenvalue weighted by Gasteiger charge is -2.33. The molecule has 7 nitrogen and oxygen atoms in total. The molecule has 25 heavy (non-hydrogen) atoms. The number of carbonyl (C=O) groups excluding carboxylic acids is 1. The quantitative estimate of drug-likeness (QED) is 0.721. The van der Waals surface area contributed by atoms with E-state index in [1.807, 2.05) is 6.20 Å². The van der Waals surface area contributed by atoms with Crippen molar-refractivity contribution in [3.05, 3.63) is 30.7 Å². The predicted octanol–water partition coefficient (Wildman–Crippen LogP) is 1.86. The van der Waals surface area contributed by atoms with Crippen LogP contribution in [0.15, 0.2) is 25.2 Å². The van der Waals surface area contributed by atoms with E-state index in [9.17, 15) is 9.90 Å². The van der Waals surface area contributed by atoms with E-state index in [-0.39, 0.29) is 11.9 Å². The Morgan fingerprint density at radius 1 is 1.56 bits per heavy atom. The molecular weight excluding hydrogens is 318 g/mol. The van der Waals surface area contributed by atoms with Crippen molar-refractivity contribution in [1.29, 1.82) is 0 Å². The topological polar surface area (TPSA) is 94.1 Å². The number of fused-ring (bicyclic) bond motifs is 1. The highest BCUT2D eigenvalue weighted by atomic mass is 16.3. The molecule has 0 spiro atoms. The van der Waals surface area contributed by atoms with E-state index in [1.54, 1.807) is 18.7 Å². The van der Waals surface area contributed by atoms with Crippen molar-refractivity contribution >= 4 is 22.8 Å².